The number of rotatable bonds is 7. The van der Waals surface area contributed by atoms with Crippen molar-refractivity contribution in [2.45, 2.75) is 51.1 Å². The number of piperidine rings is 1. The van der Waals surface area contributed by atoms with Gasteiger partial charge in [-0.25, -0.2) is 0 Å². The Morgan fingerprint density at radius 2 is 1.40 bits per heavy atom. The highest BCUT2D eigenvalue weighted by Gasteiger charge is 2.40. The molecule has 1 fully saturated rings. The van der Waals surface area contributed by atoms with E-state index >= 15 is 0 Å². The van der Waals surface area contributed by atoms with Crippen molar-refractivity contribution in [3.63, 3.8) is 0 Å². The molecule has 3 aliphatic heterocycles. The van der Waals surface area contributed by atoms with Gasteiger partial charge in [0, 0.05) is 25.2 Å². The molecule has 6 nitrogen and oxygen atoms in total. The maximum Gasteiger partial charge on any atom is 0.161 e. The molecule has 6 heteroatoms. The summed E-state index contributed by atoms with van der Waals surface area (Å²) < 4.78 is 22.5. The van der Waals surface area contributed by atoms with Crippen LogP contribution < -0.4 is 24.3 Å². The first-order valence-electron chi connectivity index (χ1n) is 13.1. The minimum atomic E-state index is 0.345. The lowest BCUT2D eigenvalue weighted by molar-refractivity contribution is 0.0434. The predicted molar refractivity (Wildman–Crippen MR) is 138 cm³/mol. The fraction of sp³-hybridized carbons (Fsp3) is 0.586. The summed E-state index contributed by atoms with van der Waals surface area (Å²) >= 11 is 0. The van der Waals surface area contributed by atoms with E-state index in [1.54, 1.807) is 28.4 Å². The Kier molecular flexibility index (Phi) is 7.12. The van der Waals surface area contributed by atoms with E-state index in [0.29, 0.717) is 23.9 Å². The van der Waals surface area contributed by atoms with Gasteiger partial charge in [-0.3, -0.25) is 4.90 Å². The molecule has 0 aromatic heterocycles. The van der Waals surface area contributed by atoms with Gasteiger partial charge in [-0.1, -0.05) is 13.3 Å². The summed E-state index contributed by atoms with van der Waals surface area (Å²) in [4.78, 5) is 2.72. The highest BCUT2D eigenvalue weighted by atomic mass is 16.5. The number of hydrogen-bond acceptors (Lipinski definition) is 6. The van der Waals surface area contributed by atoms with E-state index in [1.165, 1.54) is 41.6 Å². The Labute approximate surface area is 209 Å². The average molecular weight is 481 g/mol. The van der Waals surface area contributed by atoms with Crippen molar-refractivity contribution in [1.82, 2.24) is 10.2 Å². The van der Waals surface area contributed by atoms with Gasteiger partial charge in [0.05, 0.1) is 28.4 Å². The zero-order valence-electron chi connectivity index (χ0n) is 21.9. The molecule has 2 aromatic carbocycles. The molecule has 0 bridgehead atoms. The van der Waals surface area contributed by atoms with E-state index in [0.717, 1.165) is 55.4 Å². The summed E-state index contributed by atoms with van der Waals surface area (Å²) in [7, 11) is 6.90. The first-order valence-corrected chi connectivity index (χ1v) is 13.1. The van der Waals surface area contributed by atoms with Crippen molar-refractivity contribution in [2.24, 2.45) is 11.8 Å². The summed E-state index contributed by atoms with van der Waals surface area (Å²) in [6.45, 7) is 5.66. The second kappa shape index (κ2) is 10.3. The standard InChI is InChI=1S/C29H40N2O4/c1-6-18-17-31-10-8-20-14-27(33-3)29(35-5)16-23(20)25(31)12-21(18)11-24-22-15-28(34-4)26(32-2)13-19(22)7-9-30-24/h13-16,18,21,24-25,30H,6-12,17H2,1-5H3/t18?,21?,24-,25-/m1/s1. The van der Waals surface area contributed by atoms with Gasteiger partial charge in [-0.2, -0.15) is 0 Å². The quantitative estimate of drug-likeness (QED) is 0.606. The third-order valence-electron chi connectivity index (χ3n) is 8.64. The monoisotopic (exact) mass is 480 g/mol. The Bertz CT molecular complexity index is 1050. The molecule has 190 valence electrons. The van der Waals surface area contributed by atoms with E-state index < -0.39 is 0 Å². The van der Waals surface area contributed by atoms with E-state index in [1.807, 2.05) is 0 Å². The summed E-state index contributed by atoms with van der Waals surface area (Å²) in [6.07, 6.45) is 5.65. The van der Waals surface area contributed by atoms with Crippen molar-refractivity contribution in [3.8, 4) is 23.0 Å². The van der Waals surface area contributed by atoms with Crippen molar-refractivity contribution < 1.29 is 18.9 Å². The van der Waals surface area contributed by atoms with Crippen LogP contribution in [0.2, 0.25) is 0 Å². The summed E-state index contributed by atoms with van der Waals surface area (Å²) in [6, 6.07) is 9.61. The van der Waals surface area contributed by atoms with Gasteiger partial charge in [0.25, 0.3) is 0 Å². The summed E-state index contributed by atoms with van der Waals surface area (Å²) in [5.41, 5.74) is 5.60. The third kappa shape index (κ3) is 4.47. The molecule has 0 radical (unpaired) electrons. The molecule has 0 saturated carbocycles. The Balaban J connectivity index is 1.43. The van der Waals surface area contributed by atoms with Crippen LogP contribution in [0.3, 0.4) is 0 Å². The van der Waals surface area contributed by atoms with Crippen molar-refractivity contribution in [3.05, 3.63) is 46.5 Å². The SMILES string of the molecule is CCC1CN2CCc3cc(OC)c(OC)cc3[C@H]2CC1C[C@H]1NCCc2cc(OC)c(OC)cc21. The van der Waals surface area contributed by atoms with Crippen molar-refractivity contribution >= 4 is 0 Å². The molecule has 5 rings (SSSR count). The van der Waals surface area contributed by atoms with Crippen LogP contribution in [0.1, 0.15) is 60.5 Å². The molecule has 4 atom stereocenters. The third-order valence-corrected chi connectivity index (χ3v) is 8.64. The van der Waals surface area contributed by atoms with E-state index in [9.17, 15) is 0 Å². The normalized spacial score (nSPS) is 25.7. The second-order valence-electron chi connectivity index (χ2n) is 10.2. The summed E-state index contributed by atoms with van der Waals surface area (Å²) in [5, 5.41) is 3.83. The fourth-order valence-corrected chi connectivity index (χ4v) is 6.74. The van der Waals surface area contributed by atoms with Crippen LogP contribution in [0.25, 0.3) is 0 Å². The average Bonchev–Trinajstić information content (AvgIpc) is 2.91. The molecule has 3 heterocycles. The van der Waals surface area contributed by atoms with Crippen molar-refractivity contribution in [1.29, 1.82) is 0 Å². The topological polar surface area (TPSA) is 52.2 Å². The van der Waals surface area contributed by atoms with Crippen molar-refractivity contribution in [2.75, 3.05) is 48.1 Å². The van der Waals surface area contributed by atoms with Crippen LogP contribution in [-0.4, -0.2) is 53.0 Å². The molecule has 1 saturated heterocycles. The number of ether oxygens (including phenoxy) is 4. The molecule has 2 aromatic rings. The van der Waals surface area contributed by atoms with Crippen LogP contribution in [0, 0.1) is 11.8 Å². The molecule has 35 heavy (non-hydrogen) atoms. The Hall–Kier alpha value is -2.44. The molecular formula is C29H40N2O4. The lowest BCUT2D eigenvalue weighted by atomic mass is 9.72. The molecule has 0 aliphatic carbocycles. The van der Waals surface area contributed by atoms with Crippen LogP contribution in [-0.2, 0) is 12.8 Å². The van der Waals surface area contributed by atoms with Gasteiger partial charge in [0.2, 0.25) is 0 Å². The number of nitrogens with one attached hydrogen (secondary N) is 1. The van der Waals surface area contributed by atoms with Gasteiger partial charge in [-0.05, 0) is 90.6 Å². The minimum absolute atomic E-state index is 0.345. The number of hydrogen-bond donors (Lipinski definition) is 1. The largest absolute Gasteiger partial charge is 0.493 e. The molecule has 2 unspecified atom stereocenters. The zero-order valence-corrected chi connectivity index (χ0v) is 21.9. The smallest absolute Gasteiger partial charge is 0.161 e. The molecule has 0 amide bonds. The molecular weight excluding hydrogens is 440 g/mol. The summed E-state index contributed by atoms with van der Waals surface area (Å²) in [5.74, 6) is 4.69. The predicted octanol–water partition coefficient (Wildman–Crippen LogP) is 4.94. The first-order chi connectivity index (χ1) is 17.1. The zero-order chi connectivity index (χ0) is 24.5. The number of benzene rings is 2. The second-order valence-corrected chi connectivity index (χ2v) is 10.2. The number of methoxy groups -OCH3 is 4. The molecule has 0 spiro atoms. The van der Waals surface area contributed by atoms with E-state index in [4.69, 9.17) is 18.9 Å². The number of fused-ring (bicyclic) bond motifs is 4. The molecule has 1 N–H and O–H groups in total. The highest BCUT2D eigenvalue weighted by molar-refractivity contribution is 5.50. The molecule has 3 aliphatic rings. The van der Waals surface area contributed by atoms with Gasteiger partial charge in [-0.15, -0.1) is 0 Å². The lowest BCUT2D eigenvalue weighted by Gasteiger charge is -2.48. The van der Waals surface area contributed by atoms with E-state index in [-0.39, 0.29) is 0 Å². The van der Waals surface area contributed by atoms with Crippen LogP contribution >= 0.6 is 0 Å². The van der Waals surface area contributed by atoms with Crippen LogP contribution in [0.5, 0.6) is 23.0 Å². The van der Waals surface area contributed by atoms with Gasteiger partial charge < -0.3 is 24.3 Å². The number of nitrogens with zero attached hydrogens (tertiary/aromatic N) is 1. The van der Waals surface area contributed by atoms with Gasteiger partial charge >= 0.3 is 0 Å². The van der Waals surface area contributed by atoms with Gasteiger partial charge in [0.1, 0.15) is 0 Å². The maximum atomic E-state index is 5.68. The van der Waals surface area contributed by atoms with Crippen LogP contribution in [0.4, 0.5) is 0 Å². The van der Waals surface area contributed by atoms with Crippen LogP contribution in [0.15, 0.2) is 24.3 Å². The Morgan fingerprint density at radius 1 is 0.800 bits per heavy atom. The fourth-order valence-electron chi connectivity index (χ4n) is 6.74. The maximum absolute atomic E-state index is 5.68. The minimum Gasteiger partial charge on any atom is -0.493 e. The van der Waals surface area contributed by atoms with E-state index in [2.05, 4.69) is 41.4 Å². The first kappa shape index (κ1) is 24.3. The highest BCUT2D eigenvalue weighted by Crippen LogP contribution is 2.48. The Morgan fingerprint density at radius 3 is 2.03 bits per heavy atom. The van der Waals surface area contributed by atoms with Gasteiger partial charge in [0.15, 0.2) is 23.0 Å². The lowest BCUT2D eigenvalue weighted by Crippen LogP contribution is -2.46.